The largest absolute Gasteiger partial charge is 0.477 e. The van der Waals surface area contributed by atoms with Gasteiger partial charge in [0.2, 0.25) is 0 Å². The van der Waals surface area contributed by atoms with E-state index in [1.807, 2.05) is 12.1 Å². The molecule has 1 aliphatic heterocycles. The molecule has 2 N–H and O–H groups in total. The molecule has 5 nitrogen and oxygen atoms in total. The van der Waals surface area contributed by atoms with E-state index in [2.05, 4.69) is 10.3 Å². The fraction of sp³-hybridized carbons (Fsp3) is 0. The number of nitrogens with zero attached hydrogens (tertiary/aromatic N) is 1. The molecular weight excluding hydrogens is 244 g/mol. The number of carboxylic acid groups (broad SMARTS) is 1. The minimum Gasteiger partial charge on any atom is -0.477 e. The molecule has 0 spiro atoms. The van der Waals surface area contributed by atoms with Crippen LogP contribution in [0.2, 0.25) is 0 Å². The number of rotatable bonds is 2. The maximum absolute atomic E-state index is 11.2. The Morgan fingerprint density at radius 1 is 1.21 bits per heavy atom. The molecule has 0 saturated heterocycles. The minimum atomic E-state index is -1.08. The zero-order valence-corrected chi connectivity index (χ0v) is 9.83. The summed E-state index contributed by atoms with van der Waals surface area (Å²) in [6.07, 6.45) is 2.99. The maximum Gasteiger partial charge on any atom is 0.354 e. The molecule has 0 fully saturated rings. The van der Waals surface area contributed by atoms with Crippen LogP contribution >= 0.6 is 0 Å². The van der Waals surface area contributed by atoms with Crippen LogP contribution in [0, 0.1) is 0 Å². The summed E-state index contributed by atoms with van der Waals surface area (Å²) < 4.78 is 5.29. The lowest BCUT2D eigenvalue weighted by Gasteiger charge is -2.08. The van der Waals surface area contributed by atoms with E-state index in [9.17, 15) is 9.90 Å². The summed E-state index contributed by atoms with van der Waals surface area (Å²) in [5, 5.41) is 12.3. The first-order valence-corrected chi connectivity index (χ1v) is 5.67. The quantitative estimate of drug-likeness (QED) is 0.864. The molecule has 5 heteroatoms. The number of hydrogen-bond donors (Lipinski definition) is 2. The van der Waals surface area contributed by atoms with E-state index in [0.29, 0.717) is 17.1 Å². The van der Waals surface area contributed by atoms with Gasteiger partial charge in [-0.1, -0.05) is 12.1 Å². The molecule has 94 valence electrons. The van der Waals surface area contributed by atoms with E-state index in [0.717, 1.165) is 5.69 Å². The monoisotopic (exact) mass is 254 g/mol. The molecule has 0 radical (unpaired) electrons. The van der Waals surface area contributed by atoms with Crippen molar-refractivity contribution in [3.8, 4) is 0 Å². The number of furan rings is 1. The van der Waals surface area contributed by atoms with Crippen LogP contribution in [0.25, 0.3) is 5.70 Å². The first-order chi connectivity index (χ1) is 9.24. The van der Waals surface area contributed by atoms with Crippen molar-refractivity contribution in [3.05, 3.63) is 54.5 Å². The van der Waals surface area contributed by atoms with Crippen molar-refractivity contribution in [2.45, 2.75) is 0 Å². The van der Waals surface area contributed by atoms with Crippen LogP contribution in [0.3, 0.4) is 0 Å². The number of fused-ring (bicyclic) bond motifs is 1. The molecule has 19 heavy (non-hydrogen) atoms. The van der Waals surface area contributed by atoms with E-state index in [4.69, 9.17) is 4.42 Å². The first kappa shape index (κ1) is 11.3. The third-order valence-electron chi connectivity index (χ3n) is 2.70. The Morgan fingerprint density at radius 3 is 2.79 bits per heavy atom. The van der Waals surface area contributed by atoms with Gasteiger partial charge in [0.15, 0.2) is 5.71 Å². The highest BCUT2D eigenvalue weighted by Gasteiger charge is 2.17. The standard InChI is InChI=1S/C14H10N2O3/c17-14(18)12-8-11(13-6-3-7-19-13)15-9-4-1-2-5-10(9)16-12/h1-8,15H,(H,17,18). The van der Waals surface area contributed by atoms with E-state index >= 15 is 0 Å². The Labute approximate surface area is 108 Å². The van der Waals surface area contributed by atoms with Gasteiger partial charge in [-0.2, -0.15) is 0 Å². The van der Waals surface area contributed by atoms with Crippen molar-refractivity contribution in [2.24, 2.45) is 4.99 Å². The SMILES string of the molecule is O=C(O)C1=Nc2ccccc2NC(c2ccco2)=C1. The summed E-state index contributed by atoms with van der Waals surface area (Å²) in [6, 6.07) is 10.7. The number of para-hydroxylation sites is 2. The van der Waals surface area contributed by atoms with Gasteiger partial charge in [0, 0.05) is 0 Å². The van der Waals surface area contributed by atoms with Crippen LogP contribution < -0.4 is 5.32 Å². The maximum atomic E-state index is 11.2. The smallest absolute Gasteiger partial charge is 0.354 e. The van der Waals surface area contributed by atoms with Gasteiger partial charge >= 0.3 is 5.97 Å². The van der Waals surface area contributed by atoms with Crippen molar-refractivity contribution in [1.29, 1.82) is 0 Å². The third kappa shape index (κ3) is 2.13. The number of carboxylic acids is 1. The van der Waals surface area contributed by atoms with Gasteiger partial charge in [0.05, 0.1) is 23.3 Å². The summed E-state index contributed by atoms with van der Waals surface area (Å²) in [6.45, 7) is 0. The van der Waals surface area contributed by atoms with Crippen molar-refractivity contribution in [3.63, 3.8) is 0 Å². The summed E-state index contributed by atoms with van der Waals surface area (Å²) in [4.78, 5) is 15.3. The molecule has 0 aliphatic carbocycles. The second-order valence-corrected chi connectivity index (χ2v) is 3.98. The number of nitrogens with one attached hydrogen (secondary N) is 1. The molecule has 0 atom stereocenters. The van der Waals surface area contributed by atoms with Crippen LogP contribution in [0.1, 0.15) is 5.76 Å². The molecule has 1 aromatic heterocycles. The lowest BCUT2D eigenvalue weighted by molar-refractivity contribution is -0.129. The molecule has 3 rings (SSSR count). The predicted molar refractivity (Wildman–Crippen MR) is 71.5 cm³/mol. The van der Waals surface area contributed by atoms with Crippen LogP contribution in [0.5, 0.6) is 0 Å². The van der Waals surface area contributed by atoms with Crippen molar-refractivity contribution in [2.75, 3.05) is 5.32 Å². The fourth-order valence-electron chi connectivity index (χ4n) is 1.83. The Balaban J connectivity index is 2.15. The van der Waals surface area contributed by atoms with Gasteiger partial charge in [0.25, 0.3) is 0 Å². The Kier molecular flexibility index (Phi) is 2.64. The van der Waals surface area contributed by atoms with Gasteiger partial charge in [-0.25, -0.2) is 9.79 Å². The molecule has 0 unspecified atom stereocenters. The topological polar surface area (TPSA) is 74.8 Å². The normalized spacial score (nSPS) is 13.7. The molecule has 0 amide bonds. The van der Waals surface area contributed by atoms with Gasteiger partial charge in [-0.3, -0.25) is 0 Å². The van der Waals surface area contributed by atoms with E-state index in [1.54, 1.807) is 24.3 Å². The zero-order chi connectivity index (χ0) is 13.2. The van der Waals surface area contributed by atoms with Crippen LogP contribution in [-0.2, 0) is 4.79 Å². The van der Waals surface area contributed by atoms with Gasteiger partial charge in [-0.15, -0.1) is 0 Å². The number of aliphatic imine (C=N–C) groups is 1. The van der Waals surface area contributed by atoms with E-state index in [-0.39, 0.29) is 5.71 Å². The van der Waals surface area contributed by atoms with Gasteiger partial charge in [-0.05, 0) is 30.3 Å². The Morgan fingerprint density at radius 2 is 2.05 bits per heavy atom. The summed E-state index contributed by atoms with van der Waals surface area (Å²) in [5.74, 6) is -0.520. The molecule has 1 aliphatic rings. The second-order valence-electron chi connectivity index (χ2n) is 3.98. The van der Waals surface area contributed by atoms with Gasteiger partial charge in [0.1, 0.15) is 5.76 Å². The molecule has 2 heterocycles. The molecule has 0 bridgehead atoms. The number of carbonyl (C=O) groups is 1. The number of anilines is 1. The highest BCUT2D eigenvalue weighted by molar-refractivity contribution is 6.42. The second kappa shape index (κ2) is 4.45. The van der Waals surface area contributed by atoms with Crippen molar-refractivity contribution >= 4 is 28.8 Å². The average molecular weight is 254 g/mol. The Bertz CT molecular complexity index is 684. The minimum absolute atomic E-state index is 0.0381. The highest BCUT2D eigenvalue weighted by atomic mass is 16.4. The third-order valence-corrected chi connectivity index (χ3v) is 2.70. The summed E-state index contributed by atoms with van der Waals surface area (Å²) in [7, 11) is 0. The van der Waals surface area contributed by atoms with Crippen LogP contribution in [-0.4, -0.2) is 16.8 Å². The summed E-state index contributed by atoms with van der Waals surface area (Å²) in [5.41, 5.74) is 1.85. The lowest BCUT2D eigenvalue weighted by atomic mass is 10.2. The average Bonchev–Trinajstić information content (AvgIpc) is 2.85. The van der Waals surface area contributed by atoms with Crippen LogP contribution in [0.15, 0.2) is 58.1 Å². The number of benzene rings is 1. The first-order valence-electron chi connectivity index (χ1n) is 5.67. The van der Waals surface area contributed by atoms with E-state index in [1.165, 1.54) is 12.3 Å². The zero-order valence-electron chi connectivity index (χ0n) is 9.83. The molecular formula is C14H10N2O3. The lowest BCUT2D eigenvalue weighted by Crippen LogP contribution is -2.10. The molecule has 1 aromatic carbocycles. The highest BCUT2D eigenvalue weighted by Crippen LogP contribution is 2.31. The predicted octanol–water partition coefficient (Wildman–Crippen LogP) is 2.90. The summed E-state index contributed by atoms with van der Waals surface area (Å²) >= 11 is 0. The molecule has 2 aromatic rings. The van der Waals surface area contributed by atoms with Crippen molar-refractivity contribution in [1.82, 2.24) is 0 Å². The van der Waals surface area contributed by atoms with Gasteiger partial charge < -0.3 is 14.8 Å². The van der Waals surface area contributed by atoms with E-state index < -0.39 is 5.97 Å². The fourth-order valence-corrected chi connectivity index (χ4v) is 1.83. The number of aliphatic carboxylic acids is 1. The Hall–Kier alpha value is -2.82. The number of hydrogen-bond acceptors (Lipinski definition) is 4. The van der Waals surface area contributed by atoms with Crippen molar-refractivity contribution < 1.29 is 14.3 Å². The molecule has 0 saturated carbocycles. The van der Waals surface area contributed by atoms with Crippen LogP contribution in [0.4, 0.5) is 11.4 Å².